The van der Waals surface area contributed by atoms with Gasteiger partial charge in [-0.25, -0.2) is 0 Å². The number of nitrogens with one attached hydrogen (secondary N) is 1. The highest BCUT2D eigenvalue weighted by Crippen LogP contribution is 2.34. The van der Waals surface area contributed by atoms with Crippen molar-refractivity contribution in [3.05, 3.63) is 0 Å². The summed E-state index contributed by atoms with van der Waals surface area (Å²) < 4.78 is 5.59. The number of guanidine groups is 1. The van der Waals surface area contributed by atoms with Crippen LogP contribution in [0.25, 0.3) is 0 Å². The van der Waals surface area contributed by atoms with Gasteiger partial charge in [0.25, 0.3) is 0 Å². The molecule has 0 bridgehead atoms. The molecular weight excluding hydrogens is 344 g/mol. The minimum absolute atomic E-state index is 0.277. The Morgan fingerprint density at radius 1 is 1.27 bits per heavy atom. The van der Waals surface area contributed by atoms with Crippen molar-refractivity contribution >= 4 is 17.7 Å². The highest BCUT2D eigenvalue weighted by molar-refractivity contribution is 7.99. The van der Waals surface area contributed by atoms with Gasteiger partial charge in [0.15, 0.2) is 5.96 Å². The normalized spacial score (nSPS) is 31.2. The molecule has 1 N–H and O–H groups in total. The van der Waals surface area contributed by atoms with E-state index in [0.29, 0.717) is 0 Å². The molecule has 0 aromatic rings. The highest BCUT2D eigenvalue weighted by atomic mass is 32.2. The van der Waals surface area contributed by atoms with Crippen LogP contribution in [0.1, 0.15) is 39.5 Å². The quantitative estimate of drug-likeness (QED) is 0.565. The second kappa shape index (κ2) is 9.65. The number of thioether (sulfide) groups is 1. The van der Waals surface area contributed by atoms with Gasteiger partial charge in [0.05, 0.1) is 13.2 Å². The maximum atomic E-state index is 5.59. The van der Waals surface area contributed by atoms with Gasteiger partial charge < -0.3 is 15.0 Å². The van der Waals surface area contributed by atoms with Crippen LogP contribution >= 0.6 is 11.8 Å². The molecule has 0 aliphatic carbocycles. The number of hydrogen-bond acceptors (Lipinski definition) is 4. The van der Waals surface area contributed by atoms with Gasteiger partial charge >= 0.3 is 0 Å². The Balaban J connectivity index is 1.58. The van der Waals surface area contributed by atoms with Crippen LogP contribution in [0.3, 0.4) is 0 Å². The maximum absolute atomic E-state index is 5.59. The van der Waals surface area contributed by atoms with Gasteiger partial charge in [0, 0.05) is 51.1 Å². The van der Waals surface area contributed by atoms with Crippen molar-refractivity contribution < 1.29 is 4.74 Å². The molecule has 0 aromatic carbocycles. The molecule has 6 heteroatoms. The molecule has 5 nitrogen and oxygen atoms in total. The zero-order chi connectivity index (χ0) is 18.4. The third-order valence-corrected chi connectivity index (χ3v) is 8.03. The number of nitrogens with zero attached hydrogens (tertiary/aromatic N) is 3. The zero-order valence-corrected chi connectivity index (χ0v) is 17.8. The third-order valence-electron chi connectivity index (χ3n) is 6.79. The minimum atomic E-state index is 0.277. The van der Waals surface area contributed by atoms with Crippen LogP contribution in [0.4, 0.5) is 0 Å². The van der Waals surface area contributed by atoms with E-state index >= 15 is 0 Å². The first-order valence-corrected chi connectivity index (χ1v) is 11.7. The second-order valence-electron chi connectivity index (χ2n) is 8.10. The van der Waals surface area contributed by atoms with E-state index in [1.165, 1.54) is 43.7 Å². The van der Waals surface area contributed by atoms with Crippen LogP contribution < -0.4 is 5.32 Å². The molecule has 150 valence electrons. The Labute approximate surface area is 164 Å². The number of morpholine rings is 1. The summed E-state index contributed by atoms with van der Waals surface area (Å²) in [4.78, 5) is 9.81. The van der Waals surface area contributed by atoms with Crippen molar-refractivity contribution in [3.8, 4) is 0 Å². The van der Waals surface area contributed by atoms with Gasteiger partial charge in [-0.15, -0.1) is 0 Å². The number of ether oxygens (including phenoxy) is 1. The minimum Gasteiger partial charge on any atom is -0.379 e. The van der Waals surface area contributed by atoms with E-state index in [-0.39, 0.29) is 5.54 Å². The van der Waals surface area contributed by atoms with Crippen LogP contribution in [-0.2, 0) is 4.74 Å². The monoisotopic (exact) mass is 382 g/mol. The van der Waals surface area contributed by atoms with Crippen LogP contribution in [0, 0.1) is 11.8 Å². The first kappa shape index (κ1) is 20.3. The topological polar surface area (TPSA) is 40.1 Å². The van der Waals surface area contributed by atoms with E-state index in [9.17, 15) is 0 Å². The molecule has 0 radical (unpaired) electrons. The third kappa shape index (κ3) is 4.50. The van der Waals surface area contributed by atoms with E-state index in [4.69, 9.17) is 4.74 Å². The van der Waals surface area contributed by atoms with E-state index in [2.05, 4.69) is 45.7 Å². The molecule has 3 rings (SSSR count). The number of rotatable bonds is 6. The smallest absolute Gasteiger partial charge is 0.193 e. The molecule has 26 heavy (non-hydrogen) atoms. The summed E-state index contributed by atoms with van der Waals surface area (Å²) in [5, 5.41) is 3.77. The SMILES string of the molecule is CCC(CC)C1CCN(C(=NC)NCC2(N3CCOCC3)CCSC2)C1. The van der Waals surface area contributed by atoms with E-state index in [1.807, 2.05) is 7.05 Å². The van der Waals surface area contributed by atoms with Gasteiger partial charge in [-0.3, -0.25) is 9.89 Å². The lowest BCUT2D eigenvalue weighted by Crippen LogP contribution is -2.60. The summed E-state index contributed by atoms with van der Waals surface area (Å²) >= 11 is 2.10. The van der Waals surface area contributed by atoms with Gasteiger partial charge in [0.2, 0.25) is 0 Å². The first-order valence-electron chi connectivity index (χ1n) is 10.6. The van der Waals surface area contributed by atoms with Crippen molar-refractivity contribution in [3.63, 3.8) is 0 Å². The molecule has 0 aromatic heterocycles. The van der Waals surface area contributed by atoms with Crippen LogP contribution in [0.15, 0.2) is 4.99 Å². The molecule has 3 heterocycles. The molecule has 0 amide bonds. The predicted molar refractivity (Wildman–Crippen MR) is 112 cm³/mol. The summed E-state index contributed by atoms with van der Waals surface area (Å²) in [5.41, 5.74) is 0.277. The molecule has 0 saturated carbocycles. The Morgan fingerprint density at radius 3 is 2.65 bits per heavy atom. The van der Waals surface area contributed by atoms with E-state index in [0.717, 1.165) is 57.2 Å². The van der Waals surface area contributed by atoms with E-state index < -0.39 is 0 Å². The summed E-state index contributed by atoms with van der Waals surface area (Å²) in [6.07, 6.45) is 5.20. The van der Waals surface area contributed by atoms with E-state index in [1.54, 1.807) is 0 Å². The van der Waals surface area contributed by atoms with Crippen molar-refractivity contribution in [1.29, 1.82) is 0 Å². The average molecular weight is 383 g/mol. The summed E-state index contributed by atoms with van der Waals surface area (Å²) in [5.74, 6) is 5.32. The molecule has 3 aliphatic heterocycles. The summed E-state index contributed by atoms with van der Waals surface area (Å²) in [6.45, 7) is 11.9. The Hall–Kier alpha value is -0.460. The lowest BCUT2D eigenvalue weighted by atomic mass is 9.87. The summed E-state index contributed by atoms with van der Waals surface area (Å²) in [7, 11) is 1.94. The van der Waals surface area contributed by atoms with Gasteiger partial charge in [-0.2, -0.15) is 11.8 Å². The van der Waals surface area contributed by atoms with Crippen molar-refractivity contribution in [2.75, 3.05) is 64.5 Å². The standard InChI is InChI=1S/C20H38N4OS/c1-4-17(5-2)18-6-8-23(14-18)19(21-3)22-15-20(7-13-26-16-20)24-9-11-25-12-10-24/h17-18H,4-16H2,1-3H3,(H,21,22). The molecular formula is C20H38N4OS. The second-order valence-corrected chi connectivity index (χ2v) is 9.20. The van der Waals surface area contributed by atoms with Crippen LogP contribution in [-0.4, -0.2) is 85.8 Å². The van der Waals surface area contributed by atoms with Gasteiger partial charge in [-0.1, -0.05) is 26.7 Å². The number of likely N-dealkylation sites (tertiary alicyclic amines) is 1. The van der Waals surface area contributed by atoms with Gasteiger partial charge in [0.1, 0.15) is 0 Å². The average Bonchev–Trinajstić information content (AvgIpc) is 3.35. The lowest BCUT2D eigenvalue weighted by molar-refractivity contribution is -0.0121. The summed E-state index contributed by atoms with van der Waals surface area (Å²) in [6, 6.07) is 0. The largest absolute Gasteiger partial charge is 0.379 e. The molecule has 3 aliphatic rings. The highest BCUT2D eigenvalue weighted by Gasteiger charge is 2.41. The molecule has 3 saturated heterocycles. The van der Waals surface area contributed by atoms with Crippen LogP contribution in [0.5, 0.6) is 0 Å². The Bertz CT molecular complexity index is 457. The lowest BCUT2D eigenvalue weighted by Gasteiger charge is -2.43. The predicted octanol–water partition coefficient (Wildman–Crippen LogP) is 2.53. The molecule has 3 fully saturated rings. The molecule has 2 atom stereocenters. The molecule has 0 spiro atoms. The number of hydrogen-bond donors (Lipinski definition) is 1. The fraction of sp³-hybridized carbons (Fsp3) is 0.950. The first-order chi connectivity index (χ1) is 12.7. The van der Waals surface area contributed by atoms with Crippen molar-refractivity contribution in [2.45, 2.75) is 45.1 Å². The Morgan fingerprint density at radius 2 is 2.04 bits per heavy atom. The Kier molecular flexibility index (Phi) is 7.53. The molecule has 2 unspecified atom stereocenters. The van der Waals surface area contributed by atoms with Crippen molar-refractivity contribution in [2.24, 2.45) is 16.8 Å². The van der Waals surface area contributed by atoms with Crippen molar-refractivity contribution in [1.82, 2.24) is 15.1 Å². The zero-order valence-electron chi connectivity index (χ0n) is 17.0. The van der Waals surface area contributed by atoms with Crippen LogP contribution in [0.2, 0.25) is 0 Å². The number of aliphatic imine (C=N–C) groups is 1. The maximum Gasteiger partial charge on any atom is 0.193 e. The fourth-order valence-corrected chi connectivity index (χ4v) is 6.51. The fourth-order valence-electron chi connectivity index (χ4n) is 5.03. The van der Waals surface area contributed by atoms with Gasteiger partial charge in [-0.05, 0) is 30.4 Å².